The maximum Gasteiger partial charge on any atom is 0.244 e. The molecule has 0 atom stereocenters. The molecular formula is C11H13BrClNO2S2. The third-order valence-electron chi connectivity index (χ3n) is 2.74. The van der Waals surface area contributed by atoms with E-state index in [1.165, 1.54) is 0 Å². The predicted octanol–water partition coefficient (Wildman–Crippen LogP) is 2.93. The van der Waals surface area contributed by atoms with E-state index in [0.29, 0.717) is 28.3 Å². The molecule has 1 fully saturated rings. The Morgan fingerprint density at radius 1 is 1.33 bits per heavy atom. The van der Waals surface area contributed by atoms with Crippen LogP contribution in [0.1, 0.15) is 5.56 Å². The molecule has 0 aromatic heterocycles. The highest BCUT2D eigenvalue weighted by atomic mass is 79.9. The van der Waals surface area contributed by atoms with Gasteiger partial charge < -0.3 is 0 Å². The van der Waals surface area contributed by atoms with E-state index < -0.39 is 10.0 Å². The molecule has 18 heavy (non-hydrogen) atoms. The summed E-state index contributed by atoms with van der Waals surface area (Å²) >= 11 is 10.9. The Bertz CT molecular complexity index is 530. The van der Waals surface area contributed by atoms with Gasteiger partial charge in [0.2, 0.25) is 10.0 Å². The van der Waals surface area contributed by atoms with Crippen molar-refractivity contribution in [2.24, 2.45) is 0 Å². The van der Waals surface area contributed by atoms with Crippen molar-refractivity contribution in [3.8, 4) is 0 Å². The minimum absolute atomic E-state index is 0.311. The fourth-order valence-electron chi connectivity index (χ4n) is 1.75. The Kier molecular flexibility index (Phi) is 4.99. The number of hydrogen-bond acceptors (Lipinski definition) is 3. The minimum Gasteiger partial charge on any atom is -0.207 e. The van der Waals surface area contributed by atoms with Gasteiger partial charge in [-0.25, -0.2) is 8.42 Å². The topological polar surface area (TPSA) is 37.4 Å². The minimum atomic E-state index is -3.41. The molecule has 7 heteroatoms. The van der Waals surface area contributed by atoms with Crippen molar-refractivity contribution in [2.45, 2.75) is 10.8 Å². The lowest BCUT2D eigenvalue weighted by molar-refractivity contribution is 0.443. The third kappa shape index (κ3) is 3.04. The molecule has 0 radical (unpaired) electrons. The maximum atomic E-state index is 12.5. The normalized spacial score (nSPS) is 17.9. The van der Waals surface area contributed by atoms with Gasteiger partial charge in [-0.2, -0.15) is 16.1 Å². The lowest BCUT2D eigenvalue weighted by Crippen LogP contribution is -2.38. The molecule has 0 aliphatic carbocycles. The van der Waals surface area contributed by atoms with E-state index in [1.54, 1.807) is 28.2 Å². The van der Waals surface area contributed by atoms with Gasteiger partial charge in [0, 0.05) is 34.9 Å². The molecule has 0 amide bonds. The van der Waals surface area contributed by atoms with Crippen LogP contribution in [0.2, 0.25) is 0 Å². The van der Waals surface area contributed by atoms with Crippen LogP contribution in [-0.2, 0) is 15.9 Å². The molecule has 2 rings (SSSR count). The highest BCUT2D eigenvalue weighted by molar-refractivity contribution is 9.10. The Morgan fingerprint density at radius 2 is 2.00 bits per heavy atom. The Morgan fingerprint density at radius 3 is 2.61 bits per heavy atom. The number of alkyl halides is 1. The Hall–Kier alpha value is 0.250. The molecule has 1 aromatic carbocycles. The molecular weight excluding hydrogens is 358 g/mol. The lowest BCUT2D eigenvalue weighted by Gasteiger charge is -2.26. The first-order chi connectivity index (χ1) is 8.55. The van der Waals surface area contributed by atoms with E-state index in [0.717, 1.165) is 17.1 Å². The quantitative estimate of drug-likeness (QED) is 0.768. The SMILES string of the molecule is O=S(=O)(c1cc(CCl)ccc1Br)N1CCSCC1. The van der Waals surface area contributed by atoms with Crippen molar-refractivity contribution in [1.29, 1.82) is 0 Å². The van der Waals surface area contributed by atoms with Crippen LogP contribution in [0.15, 0.2) is 27.6 Å². The van der Waals surface area contributed by atoms with Gasteiger partial charge in [0.1, 0.15) is 0 Å². The van der Waals surface area contributed by atoms with Gasteiger partial charge in [-0.05, 0) is 33.6 Å². The first-order valence-electron chi connectivity index (χ1n) is 5.48. The number of nitrogens with zero attached hydrogens (tertiary/aromatic N) is 1. The number of rotatable bonds is 3. The number of halogens is 2. The molecule has 0 N–H and O–H groups in total. The molecule has 0 saturated carbocycles. The molecule has 1 aliphatic heterocycles. The van der Waals surface area contributed by atoms with Crippen LogP contribution in [-0.4, -0.2) is 37.3 Å². The lowest BCUT2D eigenvalue weighted by atomic mass is 10.2. The molecule has 1 aliphatic rings. The second kappa shape index (κ2) is 6.13. The Labute approximate surface area is 125 Å². The van der Waals surface area contributed by atoms with Crippen LogP contribution >= 0.6 is 39.3 Å². The second-order valence-electron chi connectivity index (χ2n) is 3.91. The summed E-state index contributed by atoms with van der Waals surface area (Å²) in [5.41, 5.74) is 0.810. The van der Waals surface area contributed by atoms with Crippen LogP contribution in [0, 0.1) is 0 Å². The molecule has 0 spiro atoms. The van der Waals surface area contributed by atoms with E-state index >= 15 is 0 Å². The molecule has 1 saturated heterocycles. The summed E-state index contributed by atoms with van der Waals surface area (Å²) in [6.45, 7) is 1.15. The maximum absolute atomic E-state index is 12.5. The molecule has 1 heterocycles. The first kappa shape index (κ1) is 14.7. The van der Waals surface area contributed by atoms with Crippen molar-refractivity contribution < 1.29 is 8.42 Å². The van der Waals surface area contributed by atoms with Crippen molar-refractivity contribution in [3.63, 3.8) is 0 Å². The van der Waals surface area contributed by atoms with Crippen LogP contribution in [0.3, 0.4) is 0 Å². The number of thioether (sulfide) groups is 1. The highest BCUT2D eigenvalue weighted by Gasteiger charge is 2.28. The summed E-state index contributed by atoms with van der Waals surface area (Å²) in [4.78, 5) is 0.313. The third-order valence-corrected chi connectivity index (χ3v) is 6.88. The van der Waals surface area contributed by atoms with E-state index in [4.69, 9.17) is 11.6 Å². The predicted molar refractivity (Wildman–Crippen MR) is 79.8 cm³/mol. The van der Waals surface area contributed by atoms with Crippen LogP contribution in [0.5, 0.6) is 0 Å². The Balaban J connectivity index is 2.39. The van der Waals surface area contributed by atoms with Crippen LogP contribution in [0.4, 0.5) is 0 Å². The average Bonchev–Trinajstić information content (AvgIpc) is 2.40. The average molecular weight is 371 g/mol. The van der Waals surface area contributed by atoms with Gasteiger partial charge in [0.25, 0.3) is 0 Å². The summed E-state index contributed by atoms with van der Waals surface area (Å²) in [7, 11) is -3.41. The van der Waals surface area contributed by atoms with Gasteiger partial charge in [-0.1, -0.05) is 6.07 Å². The van der Waals surface area contributed by atoms with Gasteiger partial charge >= 0.3 is 0 Å². The first-order valence-corrected chi connectivity index (χ1v) is 9.40. The van der Waals surface area contributed by atoms with E-state index in [9.17, 15) is 8.42 Å². The number of hydrogen-bond donors (Lipinski definition) is 0. The van der Waals surface area contributed by atoms with Gasteiger partial charge in [-0.15, -0.1) is 11.6 Å². The zero-order valence-corrected chi connectivity index (χ0v) is 13.6. The standard InChI is InChI=1S/C11H13BrClNO2S2/c12-10-2-1-9(8-13)7-11(10)18(15,16)14-3-5-17-6-4-14/h1-2,7H,3-6,8H2. The van der Waals surface area contributed by atoms with Crippen molar-refractivity contribution in [1.82, 2.24) is 4.31 Å². The zero-order valence-electron chi connectivity index (χ0n) is 9.60. The summed E-state index contributed by atoms with van der Waals surface area (Å²) in [5.74, 6) is 2.02. The van der Waals surface area contributed by atoms with E-state index in [-0.39, 0.29) is 0 Å². The monoisotopic (exact) mass is 369 g/mol. The molecule has 0 unspecified atom stereocenters. The molecule has 0 bridgehead atoms. The van der Waals surface area contributed by atoms with Crippen LogP contribution < -0.4 is 0 Å². The van der Waals surface area contributed by atoms with Crippen LogP contribution in [0.25, 0.3) is 0 Å². The highest BCUT2D eigenvalue weighted by Crippen LogP contribution is 2.28. The van der Waals surface area contributed by atoms with Gasteiger partial charge in [0.15, 0.2) is 0 Å². The molecule has 3 nitrogen and oxygen atoms in total. The zero-order chi connectivity index (χ0) is 13.2. The molecule has 1 aromatic rings. The van der Waals surface area contributed by atoms with Crippen molar-refractivity contribution >= 4 is 49.3 Å². The fourth-order valence-corrected chi connectivity index (χ4v) is 5.47. The second-order valence-corrected chi connectivity index (χ2v) is 8.17. The van der Waals surface area contributed by atoms with E-state index in [2.05, 4.69) is 15.9 Å². The summed E-state index contributed by atoms with van der Waals surface area (Å²) in [5, 5.41) is 0. The smallest absolute Gasteiger partial charge is 0.207 e. The number of benzene rings is 1. The summed E-state index contributed by atoms with van der Waals surface area (Å²) < 4.78 is 27.2. The fraction of sp³-hybridized carbons (Fsp3) is 0.455. The van der Waals surface area contributed by atoms with Crippen molar-refractivity contribution in [3.05, 3.63) is 28.2 Å². The largest absolute Gasteiger partial charge is 0.244 e. The molecule has 100 valence electrons. The van der Waals surface area contributed by atoms with E-state index in [1.807, 2.05) is 6.07 Å². The van der Waals surface area contributed by atoms with Gasteiger partial charge in [-0.3, -0.25) is 0 Å². The number of sulfonamides is 1. The summed E-state index contributed by atoms with van der Waals surface area (Å²) in [6.07, 6.45) is 0. The van der Waals surface area contributed by atoms with Crippen molar-refractivity contribution in [2.75, 3.05) is 24.6 Å². The van der Waals surface area contributed by atoms with Gasteiger partial charge in [0.05, 0.1) is 4.90 Å². The summed E-state index contributed by atoms with van der Waals surface area (Å²) in [6, 6.07) is 5.21.